The SMILES string of the molecule is SCCCCCCCCCOC1CCCCC1. The molecule has 17 heavy (non-hydrogen) atoms. The van der Waals surface area contributed by atoms with E-state index in [4.69, 9.17) is 4.74 Å². The summed E-state index contributed by atoms with van der Waals surface area (Å²) in [7, 11) is 0. The molecule has 0 bridgehead atoms. The lowest BCUT2D eigenvalue weighted by Crippen LogP contribution is -2.17. The Kier molecular flexibility index (Phi) is 10.3. The first-order valence-electron chi connectivity index (χ1n) is 7.66. The highest BCUT2D eigenvalue weighted by molar-refractivity contribution is 7.80. The second kappa shape index (κ2) is 11.4. The third kappa shape index (κ3) is 8.96. The Balaban J connectivity index is 1.75. The molecule has 1 nitrogen and oxygen atoms in total. The maximum Gasteiger partial charge on any atom is 0.0575 e. The molecule has 1 fully saturated rings. The minimum absolute atomic E-state index is 0.596. The Hall–Kier alpha value is 0.310. The average molecular weight is 258 g/mol. The molecule has 0 aromatic rings. The van der Waals surface area contributed by atoms with Gasteiger partial charge in [-0.3, -0.25) is 0 Å². The maximum atomic E-state index is 5.92. The number of hydrogen-bond donors (Lipinski definition) is 1. The maximum absolute atomic E-state index is 5.92. The van der Waals surface area contributed by atoms with E-state index < -0.39 is 0 Å². The van der Waals surface area contributed by atoms with Gasteiger partial charge >= 0.3 is 0 Å². The zero-order chi connectivity index (χ0) is 12.2. The van der Waals surface area contributed by atoms with Crippen molar-refractivity contribution in [1.82, 2.24) is 0 Å². The Morgan fingerprint density at radius 3 is 2.00 bits per heavy atom. The number of ether oxygens (including phenoxy) is 1. The van der Waals surface area contributed by atoms with Crippen molar-refractivity contribution in [3.63, 3.8) is 0 Å². The van der Waals surface area contributed by atoms with E-state index in [1.165, 1.54) is 77.0 Å². The van der Waals surface area contributed by atoms with Gasteiger partial charge in [0.15, 0.2) is 0 Å². The standard InChI is InChI=1S/C15H30OS/c17-14-10-5-3-1-2-4-9-13-16-15-11-7-6-8-12-15/h15,17H,1-14H2. The molecule has 0 radical (unpaired) electrons. The molecule has 0 aromatic carbocycles. The van der Waals surface area contributed by atoms with Crippen LogP contribution < -0.4 is 0 Å². The third-order valence-corrected chi connectivity index (χ3v) is 4.02. The van der Waals surface area contributed by atoms with Crippen molar-refractivity contribution in [3.05, 3.63) is 0 Å². The second-order valence-corrected chi connectivity index (χ2v) is 5.78. The summed E-state index contributed by atoms with van der Waals surface area (Å²) in [5, 5.41) is 0. The first-order chi connectivity index (χ1) is 8.43. The van der Waals surface area contributed by atoms with Gasteiger partial charge in [0.1, 0.15) is 0 Å². The second-order valence-electron chi connectivity index (χ2n) is 5.33. The molecule has 0 unspecified atom stereocenters. The van der Waals surface area contributed by atoms with Crippen LogP contribution >= 0.6 is 12.6 Å². The lowest BCUT2D eigenvalue weighted by molar-refractivity contribution is 0.0263. The van der Waals surface area contributed by atoms with Gasteiger partial charge in [0.25, 0.3) is 0 Å². The predicted octanol–water partition coefficient (Wildman–Crippen LogP) is 5.00. The monoisotopic (exact) mass is 258 g/mol. The van der Waals surface area contributed by atoms with Crippen molar-refractivity contribution in [1.29, 1.82) is 0 Å². The van der Waals surface area contributed by atoms with Gasteiger partial charge in [-0.15, -0.1) is 0 Å². The fraction of sp³-hybridized carbons (Fsp3) is 1.00. The molecule has 102 valence electrons. The zero-order valence-corrected chi connectivity index (χ0v) is 12.2. The van der Waals surface area contributed by atoms with Gasteiger partial charge in [-0.05, 0) is 31.4 Å². The van der Waals surface area contributed by atoms with Crippen LogP contribution in [0.15, 0.2) is 0 Å². The van der Waals surface area contributed by atoms with E-state index in [1.807, 2.05) is 0 Å². The summed E-state index contributed by atoms with van der Waals surface area (Å²) in [6.07, 6.45) is 16.9. The summed E-state index contributed by atoms with van der Waals surface area (Å²) >= 11 is 4.23. The van der Waals surface area contributed by atoms with Crippen LogP contribution in [0.25, 0.3) is 0 Å². The smallest absolute Gasteiger partial charge is 0.0575 e. The van der Waals surface area contributed by atoms with Crippen LogP contribution in [-0.2, 0) is 4.74 Å². The van der Waals surface area contributed by atoms with Crippen LogP contribution in [0.4, 0.5) is 0 Å². The molecule has 1 aliphatic carbocycles. The van der Waals surface area contributed by atoms with Crippen molar-refractivity contribution >= 4 is 12.6 Å². The molecule has 0 N–H and O–H groups in total. The summed E-state index contributed by atoms with van der Waals surface area (Å²) in [6, 6.07) is 0. The highest BCUT2D eigenvalue weighted by Gasteiger charge is 2.12. The Morgan fingerprint density at radius 1 is 0.765 bits per heavy atom. The van der Waals surface area contributed by atoms with Gasteiger partial charge in [0, 0.05) is 6.61 Å². The Labute approximate surface area is 113 Å². The molecule has 0 aliphatic heterocycles. The molecule has 0 atom stereocenters. The van der Waals surface area contributed by atoms with Crippen LogP contribution in [0.1, 0.15) is 77.0 Å². The molecule has 0 heterocycles. The van der Waals surface area contributed by atoms with Crippen LogP contribution in [0.5, 0.6) is 0 Å². The summed E-state index contributed by atoms with van der Waals surface area (Å²) in [5.41, 5.74) is 0. The van der Waals surface area contributed by atoms with Crippen molar-refractivity contribution in [2.45, 2.75) is 83.2 Å². The normalized spacial score (nSPS) is 17.5. The molecule has 0 saturated heterocycles. The van der Waals surface area contributed by atoms with Crippen molar-refractivity contribution in [2.75, 3.05) is 12.4 Å². The molecular formula is C15H30OS. The van der Waals surface area contributed by atoms with Crippen molar-refractivity contribution in [2.24, 2.45) is 0 Å². The Bertz CT molecular complexity index is 155. The topological polar surface area (TPSA) is 9.23 Å². The molecule has 2 heteroatoms. The van der Waals surface area contributed by atoms with E-state index in [9.17, 15) is 0 Å². The van der Waals surface area contributed by atoms with E-state index in [0.29, 0.717) is 6.10 Å². The first-order valence-corrected chi connectivity index (χ1v) is 8.29. The van der Waals surface area contributed by atoms with E-state index in [-0.39, 0.29) is 0 Å². The molecule has 0 amide bonds. The van der Waals surface area contributed by atoms with Crippen LogP contribution in [0.3, 0.4) is 0 Å². The summed E-state index contributed by atoms with van der Waals surface area (Å²) in [6.45, 7) is 1.00. The van der Waals surface area contributed by atoms with E-state index in [0.717, 1.165) is 12.4 Å². The van der Waals surface area contributed by atoms with Gasteiger partial charge in [-0.25, -0.2) is 0 Å². The largest absolute Gasteiger partial charge is 0.378 e. The predicted molar refractivity (Wildman–Crippen MR) is 79.0 cm³/mol. The lowest BCUT2D eigenvalue weighted by atomic mass is 9.98. The van der Waals surface area contributed by atoms with Crippen molar-refractivity contribution < 1.29 is 4.74 Å². The molecule has 1 saturated carbocycles. The zero-order valence-electron chi connectivity index (χ0n) is 11.3. The molecule has 1 rings (SSSR count). The van der Waals surface area contributed by atoms with Gasteiger partial charge in [-0.2, -0.15) is 12.6 Å². The minimum Gasteiger partial charge on any atom is -0.378 e. The highest BCUT2D eigenvalue weighted by atomic mass is 32.1. The van der Waals surface area contributed by atoms with Crippen LogP contribution in [0, 0.1) is 0 Å². The average Bonchev–Trinajstić information content (AvgIpc) is 2.38. The molecule has 0 aromatic heterocycles. The molecular weight excluding hydrogens is 228 g/mol. The lowest BCUT2D eigenvalue weighted by Gasteiger charge is -2.21. The van der Waals surface area contributed by atoms with Crippen molar-refractivity contribution in [3.8, 4) is 0 Å². The van der Waals surface area contributed by atoms with E-state index >= 15 is 0 Å². The van der Waals surface area contributed by atoms with Crippen LogP contribution in [0.2, 0.25) is 0 Å². The Morgan fingerprint density at radius 2 is 1.35 bits per heavy atom. The highest BCUT2D eigenvalue weighted by Crippen LogP contribution is 2.20. The molecule has 0 spiro atoms. The fourth-order valence-corrected chi connectivity index (χ4v) is 2.80. The van der Waals surface area contributed by atoms with Gasteiger partial charge < -0.3 is 4.74 Å². The van der Waals surface area contributed by atoms with Gasteiger partial charge in [-0.1, -0.05) is 51.4 Å². The number of thiol groups is 1. The van der Waals surface area contributed by atoms with Gasteiger partial charge in [0.2, 0.25) is 0 Å². The number of rotatable bonds is 10. The quantitative estimate of drug-likeness (QED) is 0.429. The summed E-state index contributed by atoms with van der Waals surface area (Å²) < 4.78 is 5.92. The van der Waals surface area contributed by atoms with E-state index in [1.54, 1.807) is 0 Å². The first kappa shape index (κ1) is 15.4. The van der Waals surface area contributed by atoms with Gasteiger partial charge in [0.05, 0.1) is 6.10 Å². The van der Waals surface area contributed by atoms with E-state index in [2.05, 4.69) is 12.6 Å². The third-order valence-electron chi connectivity index (χ3n) is 3.71. The number of unbranched alkanes of at least 4 members (excludes halogenated alkanes) is 6. The summed E-state index contributed by atoms with van der Waals surface area (Å²) in [5.74, 6) is 1.05. The molecule has 1 aliphatic rings. The summed E-state index contributed by atoms with van der Waals surface area (Å²) in [4.78, 5) is 0. The number of hydrogen-bond acceptors (Lipinski definition) is 2. The minimum atomic E-state index is 0.596. The fourth-order valence-electron chi connectivity index (χ4n) is 2.58. The van der Waals surface area contributed by atoms with Crippen LogP contribution in [-0.4, -0.2) is 18.5 Å².